The minimum atomic E-state index is 0.302. The molecule has 0 atom stereocenters. The topological polar surface area (TPSA) is 60.2 Å². The number of hydrogen-bond acceptors (Lipinski definition) is 4. The summed E-state index contributed by atoms with van der Waals surface area (Å²) >= 11 is 6.13. The monoisotopic (exact) mass is 305 g/mol. The van der Waals surface area contributed by atoms with Gasteiger partial charge in [-0.15, -0.1) is 0 Å². The molecule has 112 valence electrons. The third-order valence-electron chi connectivity index (χ3n) is 3.31. The molecular formula is C16H20ClN3O. The second kappa shape index (κ2) is 6.78. The molecule has 2 aromatic rings. The number of benzene rings is 1. The Morgan fingerprint density at radius 2 is 2.05 bits per heavy atom. The number of ether oxygens (including phenoxy) is 1. The van der Waals surface area contributed by atoms with Gasteiger partial charge in [-0.25, -0.2) is 10.8 Å². The van der Waals surface area contributed by atoms with Gasteiger partial charge < -0.3 is 10.2 Å². The van der Waals surface area contributed by atoms with Crippen molar-refractivity contribution in [3.63, 3.8) is 0 Å². The lowest BCUT2D eigenvalue weighted by Crippen LogP contribution is -2.10. The summed E-state index contributed by atoms with van der Waals surface area (Å²) < 4.78 is 5.88. The van der Waals surface area contributed by atoms with Crippen LogP contribution in [0.1, 0.15) is 36.6 Å². The Morgan fingerprint density at radius 3 is 2.71 bits per heavy atom. The van der Waals surface area contributed by atoms with E-state index in [9.17, 15) is 0 Å². The summed E-state index contributed by atoms with van der Waals surface area (Å²) in [6.07, 6.45) is 0. The largest absolute Gasteiger partial charge is 0.487 e. The maximum Gasteiger partial charge on any atom is 0.140 e. The van der Waals surface area contributed by atoms with E-state index in [4.69, 9.17) is 22.2 Å². The summed E-state index contributed by atoms with van der Waals surface area (Å²) in [4.78, 5) is 4.30. The Hall–Kier alpha value is -1.78. The van der Waals surface area contributed by atoms with Crippen LogP contribution in [-0.4, -0.2) is 4.98 Å². The predicted molar refractivity (Wildman–Crippen MR) is 86.7 cm³/mol. The summed E-state index contributed by atoms with van der Waals surface area (Å²) in [5.41, 5.74) is 5.49. The quantitative estimate of drug-likeness (QED) is 0.647. The molecule has 0 aliphatic carbocycles. The van der Waals surface area contributed by atoms with Gasteiger partial charge in [0.25, 0.3) is 0 Å². The molecular weight excluding hydrogens is 286 g/mol. The van der Waals surface area contributed by atoms with Gasteiger partial charge >= 0.3 is 0 Å². The highest BCUT2D eigenvalue weighted by Crippen LogP contribution is 2.26. The average molecular weight is 306 g/mol. The second-order valence-corrected chi connectivity index (χ2v) is 5.64. The van der Waals surface area contributed by atoms with Crippen molar-refractivity contribution >= 4 is 17.4 Å². The number of nitrogens with one attached hydrogen (secondary N) is 1. The van der Waals surface area contributed by atoms with E-state index in [1.165, 1.54) is 5.56 Å². The SMILES string of the molecule is Cc1ccc(C(C)C)cc1OCc1nc(NN)ccc1Cl. The van der Waals surface area contributed by atoms with Gasteiger partial charge in [-0.2, -0.15) is 0 Å². The van der Waals surface area contributed by atoms with Crippen LogP contribution in [0.5, 0.6) is 5.75 Å². The van der Waals surface area contributed by atoms with Crippen molar-refractivity contribution in [2.75, 3.05) is 5.43 Å². The lowest BCUT2D eigenvalue weighted by atomic mass is 10.0. The van der Waals surface area contributed by atoms with Crippen LogP contribution in [0.3, 0.4) is 0 Å². The number of aromatic nitrogens is 1. The molecule has 21 heavy (non-hydrogen) atoms. The lowest BCUT2D eigenvalue weighted by molar-refractivity contribution is 0.299. The molecule has 5 heteroatoms. The standard InChI is InChI=1S/C16H20ClN3O/c1-10(2)12-5-4-11(3)15(8-12)21-9-14-13(17)6-7-16(19-14)20-18/h4-8,10H,9,18H2,1-3H3,(H,19,20). The zero-order valence-electron chi connectivity index (χ0n) is 12.5. The van der Waals surface area contributed by atoms with Crippen LogP contribution in [-0.2, 0) is 6.61 Å². The molecule has 0 fully saturated rings. The fraction of sp³-hybridized carbons (Fsp3) is 0.312. The Kier molecular flexibility index (Phi) is 5.04. The highest BCUT2D eigenvalue weighted by molar-refractivity contribution is 6.31. The number of pyridine rings is 1. The summed E-state index contributed by atoms with van der Waals surface area (Å²) in [7, 11) is 0. The van der Waals surface area contributed by atoms with E-state index in [1.54, 1.807) is 12.1 Å². The van der Waals surface area contributed by atoms with Gasteiger partial charge in [-0.1, -0.05) is 37.6 Å². The van der Waals surface area contributed by atoms with Gasteiger partial charge in [0.15, 0.2) is 0 Å². The summed E-state index contributed by atoms with van der Waals surface area (Å²) in [5, 5.41) is 0.562. The van der Waals surface area contributed by atoms with Gasteiger partial charge in [0.05, 0.1) is 10.7 Å². The number of hydrazine groups is 1. The maximum atomic E-state index is 6.13. The first-order valence-corrected chi connectivity index (χ1v) is 7.24. The molecule has 0 amide bonds. The number of anilines is 1. The second-order valence-electron chi connectivity index (χ2n) is 5.24. The van der Waals surface area contributed by atoms with Crippen molar-refractivity contribution in [2.45, 2.75) is 33.3 Å². The molecule has 0 unspecified atom stereocenters. The molecule has 0 saturated heterocycles. The van der Waals surface area contributed by atoms with Crippen LogP contribution in [0.15, 0.2) is 30.3 Å². The minimum absolute atomic E-state index is 0.302. The molecule has 1 aromatic carbocycles. The first kappa shape index (κ1) is 15.6. The van der Waals surface area contributed by atoms with Crippen molar-refractivity contribution in [1.29, 1.82) is 0 Å². The van der Waals surface area contributed by atoms with Gasteiger partial charge in [0.1, 0.15) is 18.2 Å². The predicted octanol–water partition coefficient (Wildman–Crippen LogP) is 4.03. The van der Waals surface area contributed by atoms with E-state index in [0.29, 0.717) is 29.1 Å². The lowest BCUT2D eigenvalue weighted by Gasteiger charge is -2.13. The fourth-order valence-electron chi connectivity index (χ4n) is 1.94. The summed E-state index contributed by atoms with van der Waals surface area (Å²) in [6.45, 7) is 6.63. The smallest absolute Gasteiger partial charge is 0.140 e. The zero-order valence-corrected chi connectivity index (χ0v) is 13.2. The van der Waals surface area contributed by atoms with E-state index in [0.717, 1.165) is 11.3 Å². The van der Waals surface area contributed by atoms with E-state index in [1.807, 2.05) is 6.92 Å². The van der Waals surface area contributed by atoms with Gasteiger partial charge in [0, 0.05) is 0 Å². The molecule has 0 radical (unpaired) electrons. The molecule has 0 aliphatic rings. The van der Waals surface area contributed by atoms with Gasteiger partial charge in [-0.3, -0.25) is 0 Å². The molecule has 0 spiro atoms. The van der Waals surface area contributed by atoms with Gasteiger partial charge in [0.2, 0.25) is 0 Å². The number of nitrogens with zero attached hydrogens (tertiary/aromatic N) is 1. The molecule has 0 bridgehead atoms. The first-order chi connectivity index (χ1) is 10.0. The van der Waals surface area contributed by atoms with Crippen LogP contribution in [0, 0.1) is 6.92 Å². The van der Waals surface area contributed by atoms with Crippen LogP contribution in [0.2, 0.25) is 5.02 Å². The van der Waals surface area contributed by atoms with Gasteiger partial charge in [-0.05, 0) is 42.2 Å². The van der Waals surface area contributed by atoms with E-state index in [2.05, 4.69) is 42.5 Å². The Bertz CT molecular complexity index is 629. The van der Waals surface area contributed by atoms with Crippen LogP contribution < -0.4 is 16.0 Å². The van der Waals surface area contributed by atoms with Crippen molar-refractivity contribution in [3.05, 3.63) is 52.2 Å². The summed E-state index contributed by atoms with van der Waals surface area (Å²) in [5.74, 6) is 7.23. The summed E-state index contributed by atoms with van der Waals surface area (Å²) in [6, 6.07) is 9.73. The molecule has 3 N–H and O–H groups in total. The van der Waals surface area contributed by atoms with Crippen molar-refractivity contribution in [3.8, 4) is 5.75 Å². The van der Waals surface area contributed by atoms with Crippen molar-refractivity contribution in [1.82, 2.24) is 4.98 Å². The Morgan fingerprint density at radius 1 is 1.29 bits per heavy atom. The van der Waals surface area contributed by atoms with E-state index < -0.39 is 0 Å². The average Bonchev–Trinajstić information content (AvgIpc) is 2.47. The van der Waals surface area contributed by atoms with Crippen LogP contribution >= 0.6 is 11.6 Å². The highest BCUT2D eigenvalue weighted by atomic mass is 35.5. The molecule has 0 saturated carbocycles. The Balaban J connectivity index is 2.18. The number of nitrogens with two attached hydrogens (primary N) is 1. The van der Waals surface area contributed by atoms with Crippen molar-refractivity contribution < 1.29 is 4.74 Å². The van der Waals surface area contributed by atoms with E-state index in [-0.39, 0.29) is 0 Å². The van der Waals surface area contributed by atoms with Crippen LogP contribution in [0.4, 0.5) is 5.82 Å². The molecule has 1 aromatic heterocycles. The minimum Gasteiger partial charge on any atom is -0.487 e. The first-order valence-electron chi connectivity index (χ1n) is 6.86. The maximum absolute atomic E-state index is 6.13. The molecule has 1 heterocycles. The van der Waals surface area contributed by atoms with E-state index >= 15 is 0 Å². The fourth-order valence-corrected chi connectivity index (χ4v) is 2.10. The third kappa shape index (κ3) is 3.86. The molecule has 2 rings (SSSR count). The van der Waals surface area contributed by atoms with Crippen molar-refractivity contribution in [2.24, 2.45) is 5.84 Å². The normalized spacial score (nSPS) is 10.8. The highest BCUT2D eigenvalue weighted by Gasteiger charge is 2.08. The number of aryl methyl sites for hydroxylation is 1. The zero-order chi connectivity index (χ0) is 15.4. The Labute approximate surface area is 130 Å². The number of rotatable bonds is 5. The molecule has 4 nitrogen and oxygen atoms in total. The number of nitrogen functional groups attached to an aromatic ring is 1. The number of hydrogen-bond donors (Lipinski definition) is 2. The van der Waals surface area contributed by atoms with Crippen LogP contribution in [0.25, 0.3) is 0 Å². The molecule has 0 aliphatic heterocycles. The number of halogens is 1. The third-order valence-corrected chi connectivity index (χ3v) is 3.65.